The van der Waals surface area contributed by atoms with Gasteiger partial charge in [0.15, 0.2) is 5.76 Å². The zero-order valence-electron chi connectivity index (χ0n) is 14.9. The van der Waals surface area contributed by atoms with Crippen LogP contribution >= 0.6 is 0 Å². The zero-order chi connectivity index (χ0) is 17.8. The maximum Gasteiger partial charge on any atom is 0.289 e. The van der Waals surface area contributed by atoms with E-state index in [0.29, 0.717) is 12.3 Å². The minimum atomic E-state index is -0.0442. The molecule has 1 aromatic heterocycles. The Hall–Kier alpha value is -2.63. The lowest BCUT2D eigenvalue weighted by atomic mass is 10.0. The van der Waals surface area contributed by atoms with E-state index in [1.165, 1.54) is 0 Å². The number of likely N-dealkylation sites (tertiary alicyclic amines) is 1. The molecule has 1 unspecified atom stereocenters. The van der Waals surface area contributed by atoms with Gasteiger partial charge in [-0.05, 0) is 25.8 Å². The molecular formula is C19H24N2O4. The Morgan fingerprint density at radius 3 is 2.56 bits per heavy atom. The normalized spacial score (nSPS) is 17.2. The topological polar surface area (TPSA) is 63.9 Å². The average Bonchev–Trinajstić information content (AvgIpc) is 3.06. The van der Waals surface area contributed by atoms with Crippen LogP contribution < -0.4 is 14.8 Å². The van der Waals surface area contributed by atoms with Crippen LogP contribution in [0.15, 0.2) is 34.9 Å². The number of carbonyl (C=O) groups excluding carboxylic acids is 1. The number of methoxy groups -OCH3 is 2. The molecule has 0 aliphatic carbocycles. The molecule has 1 atom stereocenters. The standard InChI is InChI=1S/C19H24N2O4/c1-13-6-8-25-18(13)19(22)21-7-4-5-14(12-21)20-15-9-16(23-2)11-17(10-15)24-3/h6,8-11,14,20H,4-5,7,12H2,1-3H3. The number of carbonyl (C=O) groups is 1. The van der Waals surface area contributed by atoms with Crippen LogP contribution in [0.2, 0.25) is 0 Å². The maximum atomic E-state index is 12.6. The smallest absolute Gasteiger partial charge is 0.289 e. The number of amides is 1. The number of ether oxygens (including phenoxy) is 2. The fourth-order valence-electron chi connectivity index (χ4n) is 3.14. The minimum Gasteiger partial charge on any atom is -0.497 e. The molecule has 134 valence electrons. The molecule has 1 saturated heterocycles. The molecule has 6 heteroatoms. The molecule has 1 amide bonds. The Balaban J connectivity index is 1.70. The number of anilines is 1. The van der Waals surface area contributed by atoms with Crippen LogP contribution in [-0.2, 0) is 0 Å². The number of benzene rings is 1. The summed E-state index contributed by atoms with van der Waals surface area (Å²) in [6.45, 7) is 3.27. The summed E-state index contributed by atoms with van der Waals surface area (Å²) in [7, 11) is 3.26. The number of rotatable bonds is 5. The first-order chi connectivity index (χ1) is 12.1. The van der Waals surface area contributed by atoms with Gasteiger partial charge in [0.2, 0.25) is 0 Å². The van der Waals surface area contributed by atoms with Crippen molar-refractivity contribution >= 4 is 11.6 Å². The van der Waals surface area contributed by atoms with Gasteiger partial charge in [0.25, 0.3) is 5.91 Å². The highest BCUT2D eigenvalue weighted by Gasteiger charge is 2.27. The molecule has 1 aromatic carbocycles. The van der Waals surface area contributed by atoms with Gasteiger partial charge in [-0.3, -0.25) is 4.79 Å². The Bertz CT molecular complexity index is 719. The predicted octanol–water partition coefficient (Wildman–Crippen LogP) is 3.32. The molecule has 25 heavy (non-hydrogen) atoms. The highest BCUT2D eigenvalue weighted by atomic mass is 16.5. The van der Waals surface area contributed by atoms with E-state index < -0.39 is 0 Å². The van der Waals surface area contributed by atoms with Crippen molar-refractivity contribution in [3.8, 4) is 11.5 Å². The van der Waals surface area contributed by atoms with E-state index in [9.17, 15) is 4.79 Å². The second-order valence-electron chi connectivity index (χ2n) is 6.27. The Morgan fingerprint density at radius 2 is 1.96 bits per heavy atom. The van der Waals surface area contributed by atoms with Gasteiger partial charge >= 0.3 is 0 Å². The third-order valence-corrected chi connectivity index (χ3v) is 4.49. The van der Waals surface area contributed by atoms with E-state index >= 15 is 0 Å². The van der Waals surface area contributed by atoms with Crippen LogP contribution in [0.1, 0.15) is 29.0 Å². The number of furan rings is 1. The highest BCUT2D eigenvalue weighted by Crippen LogP contribution is 2.27. The SMILES string of the molecule is COc1cc(NC2CCCN(C(=O)c3occc3C)C2)cc(OC)c1. The van der Waals surface area contributed by atoms with Crippen molar-refractivity contribution in [2.45, 2.75) is 25.8 Å². The van der Waals surface area contributed by atoms with E-state index in [1.54, 1.807) is 20.5 Å². The fraction of sp³-hybridized carbons (Fsp3) is 0.421. The van der Waals surface area contributed by atoms with E-state index in [4.69, 9.17) is 13.9 Å². The molecule has 0 radical (unpaired) electrons. The molecule has 6 nitrogen and oxygen atoms in total. The molecule has 0 spiro atoms. The summed E-state index contributed by atoms with van der Waals surface area (Å²) in [6, 6.07) is 7.68. The van der Waals surface area contributed by atoms with Crippen molar-refractivity contribution in [3.05, 3.63) is 41.9 Å². The van der Waals surface area contributed by atoms with Gasteiger partial charge in [0.1, 0.15) is 11.5 Å². The first-order valence-corrected chi connectivity index (χ1v) is 8.43. The first kappa shape index (κ1) is 17.2. The molecule has 1 aliphatic rings. The van der Waals surface area contributed by atoms with Gasteiger partial charge in [-0.2, -0.15) is 0 Å². The third-order valence-electron chi connectivity index (χ3n) is 4.49. The van der Waals surface area contributed by atoms with E-state index in [0.717, 1.165) is 42.1 Å². The summed E-state index contributed by atoms with van der Waals surface area (Å²) in [4.78, 5) is 14.5. The molecule has 1 fully saturated rings. The van der Waals surface area contributed by atoms with Gasteiger partial charge in [-0.25, -0.2) is 0 Å². The Kier molecular flexibility index (Phi) is 5.16. The van der Waals surface area contributed by atoms with Crippen LogP contribution in [0.4, 0.5) is 5.69 Å². The summed E-state index contributed by atoms with van der Waals surface area (Å²) in [6.07, 6.45) is 3.51. The summed E-state index contributed by atoms with van der Waals surface area (Å²) >= 11 is 0. The van der Waals surface area contributed by atoms with Gasteiger partial charge in [0.05, 0.1) is 20.5 Å². The zero-order valence-corrected chi connectivity index (χ0v) is 14.9. The van der Waals surface area contributed by atoms with Gasteiger partial charge in [-0.1, -0.05) is 0 Å². The lowest BCUT2D eigenvalue weighted by Gasteiger charge is -2.33. The van der Waals surface area contributed by atoms with Gasteiger partial charge in [0, 0.05) is 48.6 Å². The molecule has 1 aliphatic heterocycles. The number of hydrogen-bond donors (Lipinski definition) is 1. The van der Waals surface area contributed by atoms with Crippen LogP contribution in [0.5, 0.6) is 11.5 Å². The molecule has 3 rings (SSSR count). The van der Waals surface area contributed by atoms with Gasteiger partial charge < -0.3 is 24.1 Å². The number of nitrogens with one attached hydrogen (secondary N) is 1. The number of hydrogen-bond acceptors (Lipinski definition) is 5. The molecule has 1 N–H and O–H groups in total. The molecule has 0 saturated carbocycles. The number of piperidine rings is 1. The van der Waals surface area contributed by atoms with Gasteiger partial charge in [-0.15, -0.1) is 0 Å². The third kappa shape index (κ3) is 3.90. The fourth-order valence-corrected chi connectivity index (χ4v) is 3.14. The summed E-state index contributed by atoms with van der Waals surface area (Å²) < 4.78 is 16.0. The second kappa shape index (κ2) is 7.51. The maximum absolute atomic E-state index is 12.6. The molecule has 2 heterocycles. The number of aryl methyl sites for hydroxylation is 1. The first-order valence-electron chi connectivity index (χ1n) is 8.43. The lowest BCUT2D eigenvalue weighted by Crippen LogP contribution is -2.45. The molecule has 2 aromatic rings. The van der Waals surface area contributed by atoms with E-state index in [1.807, 2.05) is 36.1 Å². The molecular weight excluding hydrogens is 320 g/mol. The quantitative estimate of drug-likeness (QED) is 0.901. The van der Waals surface area contributed by atoms with Crippen molar-refractivity contribution in [2.75, 3.05) is 32.6 Å². The van der Waals surface area contributed by atoms with Crippen LogP contribution in [0, 0.1) is 6.92 Å². The van der Waals surface area contributed by atoms with Crippen molar-refractivity contribution in [1.82, 2.24) is 4.90 Å². The van der Waals surface area contributed by atoms with Crippen molar-refractivity contribution in [1.29, 1.82) is 0 Å². The summed E-state index contributed by atoms with van der Waals surface area (Å²) in [5.41, 5.74) is 1.79. The van der Waals surface area contributed by atoms with Crippen LogP contribution in [0.25, 0.3) is 0 Å². The minimum absolute atomic E-state index is 0.0442. The van der Waals surface area contributed by atoms with Crippen LogP contribution in [0.3, 0.4) is 0 Å². The van der Waals surface area contributed by atoms with Crippen molar-refractivity contribution < 1.29 is 18.7 Å². The predicted molar refractivity (Wildman–Crippen MR) is 95.5 cm³/mol. The second-order valence-corrected chi connectivity index (χ2v) is 6.27. The number of nitrogens with zero attached hydrogens (tertiary/aromatic N) is 1. The largest absolute Gasteiger partial charge is 0.497 e. The van der Waals surface area contributed by atoms with Crippen molar-refractivity contribution in [3.63, 3.8) is 0 Å². The summed E-state index contributed by atoms with van der Waals surface area (Å²) in [5.74, 6) is 1.86. The molecule has 0 bridgehead atoms. The summed E-state index contributed by atoms with van der Waals surface area (Å²) in [5, 5.41) is 3.49. The van der Waals surface area contributed by atoms with Crippen molar-refractivity contribution in [2.24, 2.45) is 0 Å². The van der Waals surface area contributed by atoms with E-state index in [2.05, 4.69) is 5.32 Å². The monoisotopic (exact) mass is 344 g/mol. The average molecular weight is 344 g/mol. The van der Waals surface area contributed by atoms with Crippen LogP contribution in [-0.4, -0.2) is 44.2 Å². The Labute approximate surface area is 147 Å². The Morgan fingerprint density at radius 1 is 1.24 bits per heavy atom. The van der Waals surface area contributed by atoms with E-state index in [-0.39, 0.29) is 11.9 Å². The lowest BCUT2D eigenvalue weighted by molar-refractivity contribution is 0.0681. The highest BCUT2D eigenvalue weighted by molar-refractivity contribution is 5.93.